The van der Waals surface area contributed by atoms with E-state index in [1.165, 1.54) is 7.11 Å². The van der Waals surface area contributed by atoms with Gasteiger partial charge in [-0.15, -0.1) is 0 Å². The Morgan fingerprint density at radius 1 is 1.32 bits per heavy atom. The first-order valence-electron chi connectivity index (χ1n) is 6.01. The van der Waals surface area contributed by atoms with Gasteiger partial charge in [0, 0.05) is 6.07 Å². The Labute approximate surface area is 108 Å². The summed E-state index contributed by atoms with van der Waals surface area (Å²) in [5.74, 6) is -0.0264. The lowest BCUT2D eigenvalue weighted by Crippen LogP contribution is -2.11. The molecule has 0 amide bonds. The SMILES string of the molecule is COC(=O)c1cc(=O)c2cc3c(cc2o1)CCCO3. The van der Waals surface area contributed by atoms with E-state index in [2.05, 4.69) is 4.74 Å². The van der Waals surface area contributed by atoms with Crippen LogP contribution in [0.15, 0.2) is 27.4 Å². The molecule has 0 unspecified atom stereocenters. The molecule has 3 rings (SSSR count). The van der Waals surface area contributed by atoms with Gasteiger partial charge in [0.15, 0.2) is 5.43 Å². The smallest absolute Gasteiger partial charge is 0.374 e. The van der Waals surface area contributed by atoms with Gasteiger partial charge in [0.1, 0.15) is 11.3 Å². The van der Waals surface area contributed by atoms with Crippen LogP contribution in [0.2, 0.25) is 0 Å². The number of hydrogen-bond acceptors (Lipinski definition) is 5. The third kappa shape index (κ3) is 1.97. The summed E-state index contributed by atoms with van der Waals surface area (Å²) in [7, 11) is 1.24. The maximum atomic E-state index is 12.0. The Hall–Kier alpha value is -2.30. The Morgan fingerprint density at radius 2 is 2.16 bits per heavy atom. The molecule has 0 bridgehead atoms. The Kier molecular flexibility index (Phi) is 2.74. The summed E-state index contributed by atoms with van der Waals surface area (Å²) in [6, 6.07) is 4.58. The average molecular weight is 260 g/mol. The number of hydrogen-bond donors (Lipinski definition) is 0. The van der Waals surface area contributed by atoms with E-state index in [1.807, 2.05) is 0 Å². The van der Waals surface area contributed by atoms with Crippen molar-refractivity contribution in [1.82, 2.24) is 0 Å². The Balaban J connectivity index is 2.24. The van der Waals surface area contributed by atoms with Crippen LogP contribution in [0.4, 0.5) is 0 Å². The van der Waals surface area contributed by atoms with Crippen LogP contribution in [0.5, 0.6) is 5.75 Å². The van der Waals surface area contributed by atoms with Crippen LogP contribution in [0.1, 0.15) is 22.5 Å². The van der Waals surface area contributed by atoms with Crippen LogP contribution in [0.25, 0.3) is 11.0 Å². The number of benzene rings is 1. The summed E-state index contributed by atoms with van der Waals surface area (Å²) in [6.07, 6.45) is 1.80. The highest BCUT2D eigenvalue weighted by Gasteiger charge is 2.17. The molecule has 0 aliphatic carbocycles. The highest BCUT2D eigenvalue weighted by Crippen LogP contribution is 2.29. The maximum Gasteiger partial charge on any atom is 0.374 e. The lowest BCUT2D eigenvalue weighted by Gasteiger charge is -2.17. The molecule has 1 aromatic carbocycles. The topological polar surface area (TPSA) is 65.7 Å². The van der Waals surface area contributed by atoms with Crippen LogP contribution in [0, 0.1) is 0 Å². The minimum absolute atomic E-state index is 0.0864. The molecule has 0 saturated heterocycles. The second-order valence-corrected chi connectivity index (χ2v) is 4.37. The molecular formula is C14H12O5. The van der Waals surface area contributed by atoms with E-state index >= 15 is 0 Å². The molecule has 0 N–H and O–H groups in total. The van der Waals surface area contributed by atoms with Gasteiger partial charge in [0.2, 0.25) is 5.76 Å². The molecule has 0 atom stereocenters. The first-order valence-corrected chi connectivity index (χ1v) is 6.01. The van der Waals surface area contributed by atoms with Crippen molar-refractivity contribution in [2.45, 2.75) is 12.8 Å². The van der Waals surface area contributed by atoms with Crippen LogP contribution in [0.3, 0.4) is 0 Å². The Morgan fingerprint density at radius 3 is 2.95 bits per heavy atom. The predicted molar refractivity (Wildman–Crippen MR) is 67.6 cm³/mol. The van der Waals surface area contributed by atoms with Crippen LogP contribution in [-0.4, -0.2) is 19.7 Å². The second-order valence-electron chi connectivity index (χ2n) is 4.37. The number of rotatable bonds is 1. The zero-order chi connectivity index (χ0) is 13.4. The minimum atomic E-state index is -0.659. The van der Waals surface area contributed by atoms with Crippen molar-refractivity contribution in [3.8, 4) is 5.75 Å². The van der Waals surface area contributed by atoms with Gasteiger partial charge in [0.05, 0.1) is 19.1 Å². The van der Waals surface area contributed by atoms with Gasteiger partial charge in [-0.3, -0.25) is 4.79 Å². The van der Waals surface area contributed by atoms with Crippen LogP contribution >= 0.6 is 0 Å². The van der Waals surface area contributed by atoms with Crippen molar-refractivity contribution in [2.75, 3.05) is 13.7 Å². The fraction of sp³-hybridized carbons (Fsp3) is 0.286. The van der Waals surface area contributed by atoms with Crippen molar-refractivity contribution >= 4 is 16.9 Å². The van der Waals surface area contributed by atoms with Gasteiger partial charge in [-0.25, -0.2) is 4.79 Å². The molecular weight excluding hydrogens is 248 g/mol. The van der Waals surface area contributed by atoms with Crippen LogP contribution in [-0.2, 0) is 11.2 Å². The monoisotopic (exact) mass is 260 g/mol. The molecule has 1 aliphatic rings. The molecule has 98 valence electrons. The van der Waals surface area contributed by atoms with Crippen molar-refractivity contribution in [3.05, 3.63) is 39.7 Å². The van der Waals surface area contributed by atoms with Crippen LogP contribution < -0.4 is 10.2 Å². The predicted octanol–water partition coefficient (Wildman–Crippen LogP) is 1.90. The van der Waals surface area contributed by atoms with Gasteiger partial charge < -0.3 is 13.9 Å². The van der Waals surface area contributed by atoms with Gasteiger partial charge in [0.25, 0.3) is 0 Å². The summed E-state index contributed by atoms with van der Waals surface area (Å²) in [5, 5.41) is 0.410. The normalized spacial score (nSPS) is 13.7. The summed E-state index contributed by atoms with van der Waals surface area (Å²) in [6.45, 7) is 0.657. The van der Waals surface area contributed by atoms with E-state index < -0.39 is 5.97 Å². The maximum absolute atomic E-state index is 12.0. The van der Waals surface area contributed by atoms with E-state index in [-0.39, 0.29) is 11.2 Å². The largest absolute Gasteiger partial charge is 0.493 e. The lowest BCUT2D eigenvalue weighted by atomic mass is 10.0. The number of fused-ring (bicyclic) bond motifs is 2. The highest BCUT2D eigenvalue weighted by atomic mass is 16.5. The van der Waals surface area contributed by atoms with Gasteiger partial charge in [-0.05, 0) is 30.5 Å². The standard InChI is InChI=1S/C14H12O5/c1-17-14(16)13-7-10(15)9-6-11-8(3-2-4-18-11)5-12(9)19-13/h5-7H,2-4H2,1H3. The number of carbonyl (C=O) groups is 1. The van der Waals surface area contributed by atoms with Gasteiger partial charge in [-0.1, -0.05) is 0 Å². The van der Waals surface area contributed by atoms with E-state index in [0.717, 1.165) is 30.2 Å². The number of aryl methyl sites for hydroxylation is 1. The van der Waals surface area contributed by atoms with Crippen molar-refractivity contribution < 1.29 is 18.7 Å². The quantitative estimate of drug-likeness (QED) is 0.733. The molecule has 0 radical (unpaired) electrons. The average Bonchev–Trinajstić information content (AvgIpc) is 2.44. The number of esters is 1. The Bertz CT molecular complexity index is 714. The zero-order valence-electron chi connectivity index (χ0n) is 10.4. The molecule has 1 aliphatic heterocycles. The summed E-state index contributed by atoms with van der Waals surface area (Å²) >= 11 is 0. The molecule has 19 heavy (non-hydrogen) atoms. The fourth-order valence-electron chi connectivity index (χ4n) is 2.20. The summed E-state index contributed by atoms with van der Waals surface area (Å²) < 4.78 is 15.5. The molecule has 5 heteroatoms. The molecule has 2 aromatic rings. The highest BCUT2D eigenvalue weighted by molar-refractivity contribution is 5.89. The van der Waals surface area contributed by atoms with Crippen molar-refractivity contribution in [2.24, 2.45) is 0 Å². The van der Waals surface area contributed by atoms with Crippen molar-refractivity contribution in [3.63, 3.8) is 0 Å². The van der Waals surface area contributed by atoms with E-state index in [0.29, 0.717) is 17.6 Å². The zero-order valence-corrected chi connectivity index (χ0v) is 10.4. The van der Waals surface area contributed by atoms with Gasteiger partial charge >= 0.3 is 5.97 Å². The molecule has 2 heterocycles. The lowest BCUT2D eigenvalue weighted by molar-refractivity contribution is 0.0565. The molecule has 5 nitrogen and oxygen atoms in total. The summed E-state index contributed by atoms with van der Waals surface area (Å²) in [5.41, 5.74) is 1.10. The van der Waals surface area contributed by atoms with Gasteiger partial charge in [-0.2, -0.15) is 0 Å². The summed E-state index contributed by atoms with van der Waals surface area (Å²) in [4.78, 5) is 23.4. The minimum Gasteiger partial charge on any atom is -0.493 e. The second kappa shape index (κ2) is 4.42. The van der Waals surface area contributed by atoms with E-state index in [1.54, 1.807) is 12.1 Å². The third-order valence-electron chi connectivity index (χ3n) is 3.14. The number of ether oxygens (including phenoxy) is 2. The molecule has 0 fully saturated rings. The molecule has 0 spiro atoms. The first-order chi connectivity index (χ1) is 9.19. The fourth-order valence-corrected chi connectivity index (χ4v) is 2.20. The number of methoxy groups -OCH3 is 1. The third-order valence-corrected chi connectivity index (χ3v) is 3.14. The molecule has 0 saturated carbocycles. The number of carbonyl (C=O) groups excluding carboxylic acids is 1. The van der Waals surface area contributed by atoms with E-state index in [9.17, 15) is 9.59 Å². The first kappa shape index (κ1) is 11.8. The molecule has 1 aromatic heterocycles. The van der Waals surface area contributed by atoms with Crippen molar-refractivity contribution in [1.29, 1.82) is 0 Å². The van der Waals surface area contributed by atoms with E-state index in [4.69, 9.17) is 9.15 Å².